The van der Waals surface area contributed by atoms with Gasteiger partial charge in [-0.05, 0) is 50.6 Å². The average Bonchev–Trinajstić information content (AvgIpc) is 2.40. The number of hydrogen-bond acceptors (Lipinski definition) is 2. The van der Waals surface area contributed by atoms with Gasteiger partial charge < -0.3 is 10.6 Å². The van der Waals surface area contributed by atoms with Gasteiger partial charge in [-0.25, -0.2) is 4.39 Å². The largest absolute Gasteiger partial charge is 0.355 e. The van der Waals surface area contributed by atoms with Crippen molar-refractivity contribution >= 4 is 18.3 Å². The molecule has 0 radical (unpaired) electrons. The third-order valence-corrected chi connectivity index (χ3v) is 4.22. The summed E-state index contributed by atoms with van der Waals surface area (Å²) in [6, 6.07) is 6.71. The summed E-state index contributed by atoms with van der Waals surface area (Å²) in [5.74, 6) is -0.104. The Bertz CT molecular complexity index is 446. The topological polar surface area (TPSA) is 41.1 Å². The van der Waals surface area contributed by atoms with Crippen LogP contribution in [0, 0.1) is 5.82 Å². The maximum absolute atomic E-state index is 13.0. The molecular weight excluding hydrogens is 291 g/mol. The monoisotopic (exact) mass is 314 g/mol. The fourth-order valence-electron chi connectivity index (χ4n) is 2.76. The third-order valence-electron chi connectivity index (χ3n) is 4.22. The molecule has 5 heteroatoms. The highest BCUT2D eigenvalue weighted by atomic mass is 35.5. The summed E-state index contributed by atoms with van der Waals surface area (Å²) in [6.07, 6.45) is 4.71. The number of halogens is 2. The molecule has 0 bridgehead atoms. The van der Waals surface area contributed by atoms with E-state index in [0.717, 1.165) is 31.4 Å². The molecule has 1 aromatic rings. The highest BCUT2D eigenvalue weighted by molar-refractivity contribution is 5.85. The molecule has 0 atom stereocenters. The van der Waals surface area contributed by atoms with E-state index in [1.54, 1.807) is 0 Å². The zero-order valence-corrected chi connectivity index (χ0v) is 13.3. The van der Waals surface area contributed by atoms with Crippen LogP contribution in [0.1, 0.15) is 37.7 Å². The van der Waals surface area contributed by atoms with Gasteiger partial charge in [-0.1, -0.05) is 18.6 Å². The van der Waals surface area contributed by atoms with Crippen molar-refractivity contribution in [1.82, 2.24) is 10.6 Å². The Kier molecular flexibility index (Phi) is 7.12. The smallest absolute Gasteiger partial charge is 0.220 e. The molecule has 21 heavy (non-hydrogen) atoms. The summed E-state index contributed by atoms with van der Waals surface area (Å²) in [6.45, 7) is 1.52. The van der Waals surface area contributed by atoms with Gasteiger partial charge in [0.25, 0.3) is 0 Å². The highest BCUT2D eigenvalue weighted by Gasteiger charge is 2.38. The van der Waals surface area contributed by atoms with Gasteiger partial charge in [-0.15, -0.1) is 12.4 Å². The van der Waals surface area contributed by atoms with Crippen molar-refractivity contribution in [3.8, 4) is 0 Å². The number of amides is 1. The second kappa shape index (κ2) is 8.35. The standard InChI is InChI=1S/C16H23FN2O.ClH/c1-18-11-2-4-15(20)19-12-16(9-3-10-16)13-5-7-14(17)8-6-13;/h5-8,18H,2-4,9-12H2,1H3,(H,19,20);1H. The molecule has 1 aliphatic carbocycles. The van der Waals surface area contributed by atoms with Gasteiger partial charge in [0.1, 0.15) is 5.82 Å². The van der Waals surface area contributed by atoms with E-state index in [9.17, 15) is 9.18 Å². The molecule has 0 unspecified atom stereocenters. The van der Waals surface area contributed by atoms with E-state index in [1.807, 2.05) is 19.2 Å². The number of rotatable bonds is 7. The molecule has 1 fully saturated rings. The number of nitrogens with one attached hydrogen (secondary N) is 2. The van der Waals surface area contributed by atoms with E-state index in [4.69, 9.17) is 0 Å². The van der Waals surface area contributed by atoms with Gasteiger partial charge in [0.05, 0.1) is 0 Å². The lowest BCUT2D eigenvalue weighted by Crippen LogP contribution is -2.45. The summed E-state index contributed by atoms with van der Waals surface area (Å²) in [7, 11) is 1.88. The molecule has 1 aliphatic rings. The Labute approximate surface area is 132 Å². The van der Waals surface area contributed by atoms with Gasteiger partial charge >= 0.3 is 0 Å². The third kappa shape index (κ3) is 4.68. The Morgan fingerprint density at radius 1 is 1.29 bits per heavy atom. The maximum atomic E-state index is 13.0. The Morgan fingerprint density at radius 3 is 2.48 bits per heavy atom. The molecule has 118 valence electrons. The normalized spacial score (nSPS) is 15.7. The van der Waals surface area contributed by atoms with E-state index in [1.165, 1.54) is 18.6 Å². The van der Waals surface area contributed by atoms with Crippen LogP contribution in [0.25, 0.3) is 0 Å². The van der Waals surface area contributed by atoms with Gasteiger partial charge in [-0.3, -0.25) is 4.79 Å². The molecule has 2 rings (SSSR count). The predicted molar refractivity (Wildman–Crippen MR) is 85.3 cm³/mol. The average molecular weight is 315 g/mol. The zero-order chi connectivity index (χ0) is 14.4. The summed E-state index contributed by atoms with van der Waals surface area (Å²) in [5, 5.41) is 6.07. The fourth-order valence-corrected chi connectivity index (χ4v) is 2.76. The predicted octanol–water partition coefficient (Wildman–Crippen LogP) is 2.79. The number of hydrogen-bond donors (Lipinski definition) is 2. The summed E-state index contributed by atoms with van der Waals surface area (Å²) in [4.78, 5) is 11.8. The maximum Gasteiger partial charge on any atom is 0.220 e. The van der Waals surface area contributed by atoms with Crippen molar-refractivity contribution in [3.05, 3.63) is 35.6 Å². The molecule has 1 saturated carbocycles. The molecule has 0 saturated heterocycles. The molecule has 0 heterocycles. The molecule has 0 spiro atoms. The van der Waals surface area contributed by atoms with Crippen LogP contribution < -0.4 is 10.6 Å². The van der Waals surface area contributed by atoms with Crippen LogP contribution >= 0.6 is 12.4 Å². The van der Waals surface area contributed by atoms with Crippen LogP contribution in [-0.2, 0) is 10.2 Å². The molecule has 2 N–H and O–H groups in total. The van der Waals surface area contributed by atoms with E-state index in [0.29, 0.717) is 13.0 Å². The lowest BCUT2D eigenvalue weighted by Gasteiger charge is -2.42. The second-order valence-electron chi connectivity index (χ2n) is 5.62. The molecule has 3 nitrogen and oxygen atoms in total. The Hall–Kier alpha value is -1.13. The molecule has 0 aliphatic heterocycles. The first kappa shape index (κ1) is 17.9. The fraction of sp³-hybridized carbons (Fsp3) is 0.562. The molecule has 1 amide bonds. The second-order valence-corrected chi connectivity index (χ2v) is 5.62. The van der Waals surface area contributed by atoms with Crippen molar-refractivity contribution in [2.75, 3.05) is 20.1 Å². The first-order valence-electron chi connectivity index (χ1n) is 7.34. The van der Waals surface area contributed by atoms with Gasteiger partial charge in [0, 0.05) is 18.4 Å². The Balaban J connectivity index is 0.00000220. The van der Waals surface area contributed by atoms with Crippen LogP contribution in [0.3, 0.4) is 0 Å². The summed E-state index contributed by atoms with van der Waals surface area (Å²) >= 11 is 0. The number of benzene rings is 1. The van der Waals surface area contributed by atoms with Crippen LogP contribution in [-0.4, -0.2) is 26.0 Å². The van der Waals surface area contributed by atoms with Crippen LogP contribution in [0.5, 0.6) is 0 Å². The number of carbonyl (C=O) groups is 1. The van der Waals surface area contributed by atoms with E-state index in [2.05, 4.69) is 10.6 Å². The first-order chi connectivity index (χ1) is 9.66. The van der Waals surface area contributed by atoms with E-state index >= 15 is 0 Å². The molecule has 0 aromatic heterocycles. The lowest BCUT2D eigenvalue weighted by atomic mass is 9.64. The summed E-state index contributed by atoms with van der Waals surface area (Å²) < 4.78 is 13.0. The minimum absolute atomic E-state index is 0. The SMILES string of the molecule is CNCCCC(=O)NCC1(c2ccc(F)cc2)CCC1.Cl. The Morgan fingerprint density at radius 2 is 1.95 bits per heavy atom. The van der Waals surface area contributed by atoms with Crippen LogP contribution in [0.4, 0.5) is 4.39 Å². The van der Waals surface area contributed by atoms with Gasteiger partial charge in [0.15, 0.2) is 0 Å². The van der Waals surface area contributed by atoms with Crippen molar-refractivity contribution in [3.63, 3.8) is 0 Å². The highest BCUT2D eigenvalue weighted by Crippen LogP contribution is 2.43. The first-order valence-corrected chi connectivity index (χ1v) is 7.34. The zero-order valence-electron chi connectivity index (χ0n) is 12.5. The van der Waals surface area contributed by atoms with Gasteiger partial charge in [0.2, 0.25) is 5.91 Å². The van der Waals surface area contributed by atoms with E-state index in [-0.39, 0.29) is 29.5 Å². The molecule has 1 aromatic carbocycles. The quantitative estimate of drug-likeness (QED) is 0.760. The minimum Gasteiger partial charge on any atom is -0.355 e. The van der Waals surface area contributed by atoms with Crippen molar-refractivity contribution in [2.45, 2.75) is 37.5 Å². The van der Waals surface area contributed by atoms with Gasteiger partial charge in [-0.2, -0.15) is 0 Å². The van der Waals surface area contributed by atoms with Crippen LogP contribution in [0.2, 0.25) is 0 Å². The summed E-state index contributed by atoms with van der Waals surface area (Å²) in [5.41, 5.74) is 1.16. The van der Waals surface area contributed by atoms with E-state index < -0.39 is 0 Å². The number of carbonyl (C=O) groups excluding carboxylic acids is 1. The van der Waals surface area contributed by atoms with Crippen molar-refractivity contribution < 1.29 is 9.18 Å². The lowest BCUT2D eigenvalue weighted by molar-refractivity contribution is -0.121. The van der Waals surface area contributed by atoms with Crippen molar-refractivity contribution in [2.24, 2.45) is 0 Å². The molecular formula is C16H24ClFN2O. The van der Waals surface area contributed by atoms with Crippen molar-refractivity contribution in [1.29, 1.82) is 0 Å². The minimum atomic E-state index is -0.209. The van der Waals surface area contributed by atoms with Crippen LogP contribution in [0.15, 0.2) is 24.3 Å².